The Morgan fingerprint density at radius 2 is 1.50 bits per heavy atom. The van der Waals surface area contributed by atoms with Crippen LogP contribution in [0.2, 0.25) is 0 Å². The van der Waals surface area contributed by atoms with E-state index in [4.69, 9.17) is 4.74 Å². The van der Waals surface area contributed by atoms with Gasteiger partial charge in [-0.3, -0.25) is 4.79 Å². The average molecular weight is 473 g/mol. The normalized spacial score (nSPS) is 11.1. The van der Waals surface area contributed by atoms with Crippen molar-refractivity contribution in [2.45, 2.75) is 11.4 Å². The highest BCUT2D eigenvalue weighted by atomic mass is 32.2. The fourth-order valence-corrected chi connectivity index (χ4v) is 4.42. The van der Waals surface area contributed by atoms with Gasteiger partial charge >= 0.3 is 0 Å². The van der Waals surface area contributed by atoms with Crippen molar-refractivity contribution in [2.75, 3.05) is 12.4 Å². The van der Waals surface area contributed by atoms with Gasteiger partial charge in [-0.2, -0.15) is 0 Å². The summed E-state index contributed by atoms with van der Waals surface area (Å²) in [7, 11) is -2.06. The minimum atomic E-state index is -3.64. The summed E-state index contributed by atoms with van der Waals surface area (Å²) in [5.41, 5.74) is 3.65. The third-order valence-corrected chi connectivity index (χ3v) is 6.70. The van der Waals surface area contributed by atoms with E-state index in [9.17, 15) is 13.2 Å². The summed E-state index contributed by atoms with van der Waals surface area (Å²) in [5, 5.41) is 2.86. The highest BCUT2D eigenvalue weighted by Gasteiger charge is 2.14. The number of sulfonamides is 1. The molecule has 0 aliphatic heterocycles. The van der Waals surface area contributed by atoms with Crippen molar-refractivity contribution in [2.24, 2.45) is 0 Å². The van der Waals surface area contributed by atoms with Gasteiger partial charge in [0.15, 0.2) is 0 Å². The van der Waals surface area contributed by atoms with Crippen LogP contribution in [0.3, 0.4) is 0 Å². The van der Waals surface area contributed by atoms with Gasteiger partial charge in [0.25, 0.3) is 5.91 Å². The molecule has 34 heavy (non-hydrogen) atoms. The molecule has 4 rings (SSSR count). The Morgan fingerprint density at radius 3 is 2.18 bits per heavy atom. The Hall–Kier alpha value is -3.94. The monoisotopic (exact) mass is 472 g/mol. The van der Waals surface area contributed by atoms with Gasteiger partial charge < -0.3 is 10.1 Å². The maximum Gasteiger partial charge on any atom is 0.255 e. The fraction of sp³-hybridized carbons (Fsp3) is 0.0741. The largest absolute Gasteiger partial charge is 0.497 e. The van der Waals surface area contributed by atoms with Gasteiger partial charge in [-0.1, -0.05) is 54.6 Å². The number of hydrogen-bond donors (Lipinski definition) is 2. The molecule has 0 aromatic heterocycles. The second-order valence-electron chi connectivity index (χ2n) is 7.60. The van der Waals surface area contributed by atoms with Gasteiger partial charge in [-0.25, -0.2) is 13.1 Å². The topological polar surface area (TPSA) is 84.5 Å². The molecule has 0 radical (unpaired) electrons. The van der Waals surface area contributed by atoms with Crippen LogP contribution in [-0.4, -0.2) is 21.4 Å². The molecule has 172 valence electrons. The molecule has 7 heteroatoms. The zero-order chi connectivity index (χ0) is 24.0. The molecule has 0 heterocycles. The van der Waals surface area contributed by atoms with Crippen LogP contribution in [0.4, 0.5) is 5.69 Å². The van der Waals surface area contributed by atoms with Crippen LogP contribution in [0.25, 0.3) is 11.1 Å². The molecule has 6 nitrogen and oxygen atoms in total. The molecule has 0 saturated carbocycles. The second kappa shape index (κ2) is 10.3. The summed E-state index contributed by atoms with van der Waals surface area (Å²) in [5.74, 6) is 0.469. The number of hydrogen-bond acceptors (Lipinski definition) is 4. The van der Waals surface area contributed by atoms with E-state index in [1.165, 1.54) is 0 Å². The summed E-state index contributed by atoms with van der Waals surface area (Å²) in [6, 6.07) is 30.2. The Bertz CT molecular complexity index is 1370. The Labute approximate surface area is 199 Å². The molecule has 1 amide bonds. The van der Waals surface area contributed by atoms with Gasteiger partial charge in [0.2, 0.25) is 10.0 Å². The van der Waals surface area contributed by atoms with Crippen molar-refractivity contribution in [1.82, 2.24) is 4.72 Å². The van der Waals surface area contributed by atoms with E-state index in [-0.39, 0.29) is 17.3 Å². The van der Waals surface area contributed by atoms with E-state index >= 15 is 0 Å². The van der Waals surface area contributed by atoms with Crippen LogP contribution in [0.1, 0.15) is 15.9 Å². The number of carbonyl (C=O) groups is 1. The Kier molecular flexibility index (Phi) is 7.06. The van der Waals surface area contributed by atoms with Gasteiger partial charge in [0.05, 0.1) is 12.0 Å². The molecule has 4 aromatic rings. The molecule has 0 bridgehead atoms. The lowest BCUT2D eigenvalue weighted by Gasteiger charge is -2.10. The van der Waals surface area contributed by atoms with Gasteiger partial charge in [-0.15, -0.1) is 0 Å². The molecule has 2 N–H and O–H groups in total. The quantitative estimate of drug-likeness (QED) is 0.374. The van der Waals surface area contributed by atoms with Crippen LogP contribution in [0.15, 0.2) is 108 Å². The van der Waals surface area contributed by atoms with Crippen LogP contribution < -0.4 is 14.8 Å². The van der Waals surface area contributed by atoms with E-state index < -0.39 is 10.0 Å². The highest BCUT2D eigenvalue weighted by Crippen LogP contribution is 2.23. The zero-order valence-corrected chi connectivity index (χ0v) is 19.4. The van der Waals surface area contributed by atoms with Crippen LogP contribution in [0, 0.1) is 0 Å². The molecule has 0 unspecified atom stereocenters. The first-order valence-corrected chi connectivity index (χ1v) is 12.1. The number of carbonyl (C=O) groups excluding carboxylic acids is 1. The van der Waals surface area contributed by atoms with Crippen molar-refractivity contribution in [3.05, 3.63) is 114 Å². The minimum Gasteiger partial charge on any atom is -0.497 e. The molecular weight excluding hydrogens is 448 g/mol. The number of benzene rings is 4. The lowest BCUT2D eigenvalue weighted by molar-refractivity contribution is 0.102. The molecular formula is C27H24N2O4S. The first-order valence-electron chi connectivity index (χ1n) is 10.6. The van der Waals surface area contributed by atoms with Crippen LogP contribution in [0.5, 0.6) is 5.75 Å². The summed E-state index contributed by atoms with van der Waals surface area (Å²) in [6.07, 6.45) is 0. The van der Waals surface area contributed by atoms with Crippen molar-refractivity contribution >= 4 is 21.6 Å². The van der Waals surface area contributed by atoms with Crippen LogP contribution >= 0.6 is 0 Å². The lowest BCUT2D eigenvalue weighted by atomic mass is 10.0. The van der Waals surface area contributed by atoms with E-state index in [0.717, 1.165) is 16.7 Å². The third-order valence-electron chi connectivity index (χ3n) is 5.28. The first-order chi connectivity index (χ1) is 16.4. The average Bonchev–Trinajstić information content (AvgIpc) is 2.89. The number of amides is 1. The van der Waals surface area contributed by atoms with Crippen molar-refractivity contribution in [3.63, 3.8) is 0 Å². The summed E-state index contributed by atoms with van der Waals surface area (Å²) in [6.45, 7) is 0.219. The highest BCUT2D eigenvalue weighted by molar-refractivity contribution is 7.89. The number of nitrogens with one attached hydrogen (secondary N) is 2. The van der Waals surface area contributed by atoms with E-state index in [2.05, 4.69) is 10.0 Å². The molecule has 0 aliphatic carbocycles. The summed E-state index contributed by atoms with van der Waals surface area (Å²) in [4.78, 5) is 12.9. The molecule has 0 fully saturated rings. The van der Waals surface area contributed by atoms with E-state index in [1.54, 1.807) is 73.8 Å². The van der Waals surface area contributed by atoms with Crippen molar-refractivity contribution in [3.8, 4) is 16.9 Å². The number of ether oxygens (including phenoxy) is 1. The summed E-state index contributed by atoms with van der Waals surface area (Å²) < 4.78 is 33.0. The fourth-order valence-electron chi connectivity index (χ4n) is 3.40. The number of rotatable bonds is 8. The maximum absolute atomic E-state index is 12.7. The minimum absolute atomic E-state index is 0.181. The van der Waals surface area contributed by atoms with Crippen LogP contribution in [-0.2, 0) is 16.6 Å². The molecule has 0 spiro atoms. The smallest absolute Gasteiger partial charge is 0.255 e. The predicted molar refractivity (Wildman–Crippen MR) is 133 cm³/mol. The standard InChI is InChI=1S/C27H24N2O4S/c1-33-25-14-12-24(13-15-25)29-27(30)23-9-5-8-22(18-23)21-10-16-26(17-11-21)34(31,32)28-19-20-6-3-2-4-7-20/h2-18,28H,19H2,1H3,(H,29,30). The van der Waals surface area contributed by atoms with E-state index in [1.807, 2.05) is 36.4 Å². The SMILES string of the molecule is COc1ccc(NC(=O)c2cccc(-c3ccc(S(=O)(=O)NCc4ccccc4)cc3)c2)cc1. The lowest BCUT2D eigenvalue weighted by Crippen LogP contribution is -2.23. The summed E-state index contributed by atoms with van der Waals surface area (Å²) >= 11 is 0. The molecule has 0 saturated heterocycles. The van der Waals surface area contributed by atoms with Crippen molar-refractivity contribution < 1.29 is 17.9 Å². The van der Waals surface area contributed by atoms with Gasteiger partial charge in [0.1, 0.15) is 5.75 Å². The van der Waals surface area contributed by atoms with E-state index in [0.29, 0.717) is 17.0 Å². The first kappa shape index (κ1) is 23.2. The second-order valence-corrected chi connectivity index (χ2v) is 9.36. The Balaban J connectivity index is 1.46. The molecule has 0 aliphatic rings. The number of methoxy groups -OCH3 is 1. The third kappa shape index (κ3) is 5.70. The van der Waals surface area contributed by atoms with Gasteiger partial charge in [0, 0.05) is 17.8 Å². The molecule has 0 atom stereocenters. The molecule has 4 aromatic carbocycles. The van der Waals surface area contributed by atoms with Crippen molar-refractivity contribution in [1.29, 1.82) is 0 Å². The zero-order valence-electron chi connectivity index (χ0n) is 18.6. The predicted octanol–water partition coefficient (Wildman–Crippen LogP) is 5.09. The van der Waals surface area contributed by atoms with Gasteiger partial charge in [-0.05, 0) is 65.2 Å². The number of anilines is 1. The maximum atomic E-state index is 12.7. The Morgan fingerprint density at radius 1 is 0.794 bits per heavy atom.